The Morgan fingerprint density at radius 3 is 2.56 bits per heavy atom. The highest BCUT2D eigenvalue weighted by Gasteiger charge is 2.20. The maximum absolute atomic E-state index is 12.1. The Kier molecular flexibility index (Phi) is 5.45. The molecule has 0 radical (unpaired) electrons. The number of hydrogen-bond donors (Lipinski definition) is 1. The molecule has 1 N–H and O–H groups in total. The molecule has 4 nitrogen and oxygen atoms in total. The van der Waals surface area contributed by atoms with Gasteiger partial charge in [0.2, 0.25) is 5.91 Å². The Labute approximate surface area is 111 Å². The molecule has 2 rings (SSSR count). The lowest BCUT2D eigenvalue weighted by atomic mass is 9.89. The lowest BCUT2D eigenvalue weighted by molar-refractivity contribution is -0.132. The van der Waals surface area contributed by atoms with E-state index in [1.807, 2.05) is 4.90 Å². The van der Waals surface area contributed by atoms with Crippen LogP contribution in [-0.2, 0) is 4.79 Å². The fourth-order valence-corrected chi connectivity index (χ4v) is 3.12. The summed E-state index contributed by atoms with van der Waals surface area (Å²) in [6.07, 6.45) is 6.87. The molecule has 4 heteroatoms. The molecule has 0 unspecified atom stereocenters. The molecule has 0 spiro atoms. The molecule has 0 bridgehead atoms. The van der Waals surface area contributed by atoms with Crippen LogP contribution < -0.4 is 5.32 Å². The van der Waals surface area contributed by atoms with E-state index in [-0.39, 0.29) is 0 Å². The molecule has 2 aliphatic rings. The van der Waals surface area contributed by atoms with E-state index in [0.29, 0.717) is 12.5 Å². The van der Waals surface area contributed by atoms with Crippen LogP contribution in [0.3, 0.4) is 0 Å². The minimum atomic E-state index is 0.301. The lowest BCUT2D eigenvalue weighted by Gasteiger charge is -2.31. The highest BCUT2D eigenvalue weighted by Crippen LogP contribution is 2.23. The molecule has 0 atom stereocenters. The summed E-state index contributed by atoms with van der Waals surface area (Å²) in [7, 11) is 2.09. The second-order valence-corrected chi connectivity index (χ2v) is 5.83. The van der Waals surface area contributed by atoms with Crippen molar-refractivity contribution in [2.45, 2.75) is 32.1 Å². The minimum Gasteiger partial charge on any atom is -0.339 e. The molecule has 1 amide bonds. The van der Waals surface area contributed by atoms with Crippen molar-refractivity contribution in [1.82, 2.24) is 15.1 Å². The Morgan fingerprint density at radius 1 is 1.22 bits per heavy atom. The van der Waals surface area contributed by atoms with Gasteiger partial charge < -0.3 is 10.2 Å². The summed E-state index contributed by atoms with van der Waals surface area (Å²) in [5.74, 6) is 1.12. The van der Waals surface area contributed by atoms with E-state index in [0.717, 1.165) is 38.6 Å². The zero-order valence-electron chi connectivity index (χ0n) is 11.7. The van der Waals surface area contributed by atoms with Crippen LogP contribution in [0.2, 0.25) is 0 Å². The van der Waals surface area contributed by atoms with Gasteiger partial charge in [0.05, 0.1) is 6.54 Å². The Morgan fingerprint density at radius 2 is 1.89 bits per heavy atom. The van der Waals surface area contributed by atoms with Crippen LogP contribution in [0.25, 0.3) is 0 Å². The molecule has 1 aliphatic heterocycles. The van der Waals surface area contributed by atoms with Crippen LogP contribution in [0, 0.1) is 5.92 Å². The van der Waals surface area contributed by atoms with Crippen LogP contribution in [-0.4, -0.2) is 62.0 Å². The average molecular weight is 253 g/mol. The number of carbonyl (C=O) groups is 1. The summed E-state index contributed by atoms with van der Waals surface area (Å²) in [5, 5.41) is 3.28. The number of likely N-dealkylation sites (N-methyl/N-ethyl adjacent to an activating group) is 1. The van der Waals surface area contributed by atoms with E-state index in [2.05, 4.69) is 17.3 Å². The van der Waals surface area contributed by atoms with Gasteiger partial charge in [-0.15, -0.1) is 0 Å². The van der Waals surface area contributed by atoms with E-state index in [4.69, 9.17) is 0 Å². The molecule has 0 aromatic heterocycles. The summed E-state index contributed by atoms with van der Waals surface area (Å²) in [6.45, 7) is 5.32. The average Bonchev–Trinajstić information content (AvgIpc) is 2.40. The summed E-state index contributed by atoms with van der Waals surface area (Å²) in [5.41, 5.74) is 0. The van der Waals surface area contributed by atoms with Crippen molar-refractivity contribution in [2.75, 3.05) is 46.3 Å². The fourth-order valence-electron chi connectivity index (χ4n) is 3.12. The third kappa shape index (κ3) is 4.25. The zero-order valence-corrected chi connectivity index (χ0v) is 11.7. The van der Waals surface area contributed by atoms with Crippen LogP contribution in [0.1, 0.15) is 32.1 Å². The monoisotopic (exact) mass is 253 g/mol. The van der Waals surface area contributed by atoms with Gasteiger partial charge in [0.1, 0.15) is 0 Å². The van der Waals surface area contributed by atoms with Crippen molar-refractivity contribution < 1.29 is 4.79 Å². The Balaban J connectivity index is 1.68. The highest BCUT2D eigenvalue weighted by molar-refractivity contribution is 5.78. The Hall–Kier alpha value is -0.610. The SMILES string of the molecule is CN(CC(=O)N1CCNCC1)CC1CCCCC1. The molecule has 18 heavy (non-hydrogen) atoms. The van der Waals surface area contributed by atoms with Crippen LogP contribution in [0.4, 0.5) is 0 Å². The van der Waals surface area contributed by atoms with Crippen molar-refractivity contribution in [3.63, 3.8) is 0 Å². The van der Waals surface area contributed by atoms with E-state index in [1.54, 1.807) is 0 Å². The Bertz CT molecular complexity index is 258. The molecule has 1 saturated carbocycles. The number of carbonyl (C=O) groups excluding carboxylic acids is 1. The number of nitrogens with zero attached hydrogens (tertiary/aromatic N) is 2. The molecule has 104 valence electrons. The van der Waals surface area contributed by atoms with Crippen molar-refractivity contribution in [3.05, 3.63) is 0 Å². The van der Waals surface area contributed by atoms with E-state index >= 15 is 0 Å². The van der Waals surface area contributed by atoms with Gasteiger partial charge in [0.15, 0.2) is 0 Å². The van der Waals surface area contributed by atoms with Gasteiger partial charge in [-0.3, -0.25) is 9.69 Å². The second-order valence-electron chi connectivity index (χ2n) is 5.83. The number of nitrogens with one attached hydrogen (secondary N) is 1. The smallest absolute Gasteiger partial charge is 0.236 e. The first-order chi connectivity index (χ1) is 8.75. The molecule has 1 aliphatic carbocycles. The van der Waals surface area contributed by atoms with Gasteiger partial charge in [0, 0.05) is 32.7 Å². The summed E-state index contributed by atoms with van der Waals surface area (Å²) in [6, 6.07) is 0. The predicted molar refractivity (Wildman–Crippen MR) is 73.5 cm³/mol. The van der Waals surface area contributed by atoms with Crippen molar-refractivity contribution in [3.8, 4) is 0 Å². The molecule has 1 saturated heterocycles. The van der Waals surface area contributed by atoms with Gasteiger partial charge >= 0.3 is 0 Å². The molecular formula is C14H27N3O. The van der Waals surface area contributed by atoms with Crippen molar-refractivity contribution in [2.24, 2.45) is 5.92 Å². The largest absolute Gasteiger partial charge is 0.339 e. The van der Waals surface area contributed by atoms with Gasteiger partial charge in [-0.05, 0) is 25.8 Å². The highest BCUT2D eigenvalue weighted by atomic mass is 16.2. The number of rotatable bonds is 4. The predicted octanol–water partition coefficient (Wildman–Crippen LogP) is 0.930. The first-order valence-electron chi connectivity index (χ1n) is 7.43. The lowest BCUT2D eigenvalue weighted by Crippen LogP contribution is -2.49. The van der Waals surface area contributed by atoms with Crippen LogP contribution in [0.5, 0.6) is 0 Å². The summed E-state index contributed by atoms with van der Waals surface area (Å²) >= 11 is 0. The molecule has 2 fully saturated rings. The number of hydrogen-bond acceptors (Lipinski definition) is 3. The van der Waals surface area contributed by atoms with Crippen molar-refractivity contribution in [1.29, 1.82) is 0 Å². The molecular weight excluding hydrogens is 226 g/mol. The summed E-state index contributed by atoms with van der Waals surface area (Å²) < 4.78 is 0. The molecule has 1 heterocycles. The van der Waals surface area contributed by atoms with E-state index in [1.165, 1.54) is 32.1 Å². The summed E-state index contributed by atoms with van der Waals surface area (Å²) in [4.78, 5) is 16.3. The first kappa shape index (κ1) is 13.8. The minimum absolute atomic E-state index is 0.301. The van der Waals surface area contributed by atoms with Gasteiger partial charge in [-0.1, -0.05) is 19.3 Å². The molecule has 0 aromatic rings. The van der Waals surface area contributed by atoms with Gasteiger partial charge in [-0.25, -0.2) is 0 Å². The van der Waals surface area contributed by atoms with E-state index < -0.39 is 0 Å². The molecule has 0 aromatic carbocycles. The van der Waals surface area contributed by atoms with E-state index in [9.17, 15) is 4.79 Å². The maximum atomic E-state index is 12.1. The van der Waals surface area contributed by atoms with Crippen LogP contribution >= 0.6 is 0 Å². The number of piperazine rings is 1. The third-order valence-corrected chi connectivity index (χ3v) is 4.17. The normalized spacial score (nSPS) is 22.4. The quantitative estimate of drug-likeness (QED) is 0.809. The van der Waals surface area contributed by atoms with Crippen LogP contribution in [0.15, 0.2) is 0 Å². The second kappa shape index (κ2) is 7.10. The van der Waals surface area contributed by atoms with Gasteiger partial charge in [-0.2, -0.15) is 0 Å². The standard InChI is InChI=1S/C14H27N3O/c1-16(11-13-5-3-2-4-6-13)12-14(18)17-9-7-15-8-10-17/h13,15H,2-12H2,1H3. The first-order valence-corrected chi connectivity index (χ1v) is 7.43. The fraction of sp³-hybridized carbons (Fsp3) is 0.929. The van der Waals surface area contributed by atoms with Gasteiger partial charge in [0.25, 0.3) is 0 Å². The van der Waals surface area contributed by atoms with Crippen molar-refractivity contribution >= 4 is 5.91 Å². The third-order valence-electron chi connectivity index (χ3n) is 4.17. The topological polar surface area (TPSA) is 35.6 Å². The number of amides is 1. The maximum Gasteiger partial charge on any atom is 0.236 e. The zero-order chi connectivity index (χ0) is 12.8.